The van der Waals surface area contributed by atoms with Gasteiger partial charge >= 0.3 is 11.9 Å². The van der Waals surface area contributed by atoms with Gasteiger partial charge in [0.2, 0.25) is 0 Å². The van der Waals surface area contributed by atoms with Crippen molar-refractivity contribution in [1.82, 2.24) is 5.32 Å². The quantitative estimate of drug-likeness (QED) is 0.509. The molecule has 2 aromatic rings. The summed E-state index contributed by atoms with van der Waals surface area (Å²) in [5.41, 5.74) is 1.58. The van der Waals surface area contributed by atoms with Crippen LogP contribution in [0.2, 0.25) is 5.02 Å². The number of carboxylic acid groups (broad SMARTS) is 2. The lowest BCUT2D eigenvalue weighted by molar-refractivity contribution is -0.142. The van der Waals surface area contributed by atoms with E-state index in [1.165, 1.54) is 0 Å². The van der Waals surface area contributed by atoms with Crippen molar-refractivity contribution < 1.29 is 24.5 Å². The Kier molecular flexibility index (Phi) is 8.49. The third-order valence-corrected chi connectivity index (χ3v) is 4.62. The number of nitrogens with one attached hydrogen (secondary N) is 1. The molecule has 2 atom stereocenters. The molecular weight excluding hydrogens is 394 g/mol. The first-order valence-corrected chi connectivity index (χ1v) is 9.81. The molecule has 0 spiro atoms. The molecule has 0 radical (unpaired) electrons. The maximum Gasteiger partial charge on any atom is 0.321 e. The van der Waals surface area contributed by atoms with Gasteiger partial charge in [-0.25, -0.2) is 0 Å². The Morgan fingerprint density at radius 1 is 1.03 bits per heavy atom. The van der Waals surface area contributed by atoms with E-state index in [0.717, 1.165) is 5.56 Å². The summed E-state index contributed by atoms with van der Waals surface area (Å²) in [7, 11) is 0. The minimum atomic E-state index is -1.11. The highest BCUT2D eigenvalue weighted by atomic mass is 35.5. The number of ether oxygens (including phenoxy) is 1. The number of rotatable bonds is 11. The Labute approximate surface area is 175 Å². The Hall–Kier alpha value is -2.57. The zero-order chi connectivity index (χ0) is 21.4. The first kappa shape index (κ1) is 22.7. The Morgan fingerprint density at radius 3 is 2.34 bits per heavy atom. The minimum absolute atomic E-state index is 0.100. The average molecular weight is 420 g/mol. The summed E-state index contributed by atoms with van der Waals surface area (Å²) in [4.78, 5) is 23.3. The maximum atomic E-state index is 11.8. The van der Waals surface area contributed by atoms with Gasteiger partial charge in [0.25, 0.3) is 0 Å². The molecule has 0 fully saturated rings. The van der Waals surface area contributed by atoms with Crippen LogP contribution in [0.3, 0.4) is 0 Å². The molecule has 6 nitrogen and oxygen atoms in total. The molecule has 3 N–H and O–H groups in total. The predicted molar refractivity (Wildman–Crippen MR) is 111 cm³/mol. The largest absolute Gasteiger partial charge is 0.489 e. The predicted octanol–water partition coefficient (Wildman–Crippen LogP) is 4.00. The highest BCUT2D eigenvalue weighted by Gasteiger charge is 2.27. The van der Waals surface area contributed by atoms with Gasteiger partial charge in [-0.1, -0.05) is 55.8 Å². The standard InChI is InChI=1S/C22H26ClNO5/c1-14(2)10-18(21(25)26)24-19(22(27)28)12-16-7-3-4-9-20(16)29-13-15-6-5-8-17(23)11-15/h3-9,11,14,18-19,24H,10,12-13H2,1-2H3,(H,25,26)(H,27,28). The van der Waals surface area contributed by atoms with Crippen LogP contribution in [-0.4, -0.2) is 34.2 Å². The SMILES string of the molecule is CC(C)CC(NC(Cc1ccccc1OCc1cccc(Cl)c1)C(=O)O)C(=O)O. The number of carboxylic acids is 2. The maximum absolute atomic E-state index is 11.8. The van der Waals surface area contributed by atoms with E-state index in [2.05, 4.69) is 5.32 Å². The number of para-hydroxylation sites is 1. The smallest absolute Gasteiger partial charge is 0.321 e. The number of halogens is 1. The van der Waals surface area contributed by atoms with E-state index in [-0.39, 0.29) is 18.9 Å². The van der Waals surface area contributed by atoms with Crippen LogP contribution in [0.5, 0.6) is 5.75 Å². The molecule has 7 heteroatoms. The fraction of sp³-hybridized carbons (Fsp3) is 0.364. The molecule has 0 amide bonds. The topological polar surface area (TPSA) is 95.9 Å². The van der Waals surface area contributed by atoms with E-state index in [1.807, 2.05) is 26.0 Å². The summed E-state index contributed by atoms with van der Waals surface area (Å²) in [6, 6.07) is 12.5. The van der Waals surface area contributed by atoms with Crippen LogP contribution in [0.4, 0.5) is 0 Å². The molecule has 0 bridgehead atoms. The zero-order valence-electron chi connectivity index (χ0n) is 16.5. The van der Waals surface area contributed by atoms with Gasteiger partial charge in [-0.3, -0.25) is 14.9 Å². The van der Waals surface area contributed by atoms with Crippen molar-refractivity contribution in [1.29, 1.82) is 0 Å². The molecule has 29 heavy (non-hydrogen) atoms. The number of hydrogen-bond donors (Lipinski definition) is 3. The molecule has 2 rings (SSSR count). The molecular formula is C22H26ClNO5. The van der Waals surface area contributed by atoms with Gasteiger partial charge in [0, 0.05) is 11.4 Å². The summed E-state index contributed by atoms with van der Waals surface area (Å²) in [6.07, 6.45) is 0.439. The van der Waals surface area contributed by atoms with Crippen LogP contribution >= 0.6 is 11.6 Å². The molecule has 2 aromatic carbocycles. The zero-order valence-corrected chi connectivity index (χ0v) is 17.2. The molecule has 0 saturated heterocycles. The van der Waals surface area contributed by atoms with Crippen LogP contribution in [-0.2, 0) is 22.6 Å². The van der Waals surface area contributed by atoms with E-state index in [0.29, 0.717) is 22.8 Å². The second kappa shape index (κ2) is 10.8. The normalized spacial score (nSPS) is 13.1. The van der Waals surface area contributed by atoms with Crippen LogP contribution in [0.25, 0.3) is 0 Å². The van der Waals surface area contributed by atoms with Crippen molar-refractivity contribution in [3.05, 3.63) is 64.7 Å². The molecule has 0 saturated carbocycles. The van der Waals surface area contributed by atoms with Gasteiger partial charge < -0.3 is 14.9 Å². The lowest BCUT2D eigenvalue weighted by Gasteiger charge is -2.22. The van der Waals surface area contributed by atoms with Crippen molar-refractivity contribution in [3.8, 4) is 5.75 Å². The Bertz CT molecular complexity index is 839. The van der Waals surface area contributed by atoms with Gasteiger partial charge in [-0.05, 0) is 41.7 Å². The first-order chi connectivity index (χ1) is 13.8. The molecule has 0 heterocycles. The summed E-state index contributed by atoms with van der Waals surface area (Å²) in [5, 5.41) is 22.4. The monoisotopic (exact) mass is 419 g/mol. The second-order valence-electron chi connectivity index (χ2n) is 7.31. The first-order valence-electron chi connectivity index (χ1n) is 9.43. The van der Waals surface area contributed by atoms with Crippen LogP contribution < -0.4 is 10.1 Å². The molecule has 0 aliphatic heterocycles. The highest BCUT2D eigenvalue weighted by Crippen LogP contribution is 2.22. The van der Waals surface area contributed by atoms with E-state index in [4.69, 9.17) is 16.3 Å². The van der Waals surface area contributed by atoms with Gasteiger partial charge in [0.1, 0.15) is 24.4 Å². The molecule has 0 aliphatic carbocycles. The van der Waals surface area contributed by atoms with Gasteiger partial charge in [0.15, 0.2) is 0 Å². The van der Waals surface area contributed by atoms with Crippen LogP contribution in [0.15, 0.2) is 48.5 Å². The summed E-state index contributed by atoms with van der Waals surface area (Å²) >= 11 is 5.99. The minimum Gasteiger partial charge on any atom is -0.489 e. The highest BCUT2D eigenvalue weighted by molar-refractivity contribution is 6.30. The van der Waals surface area contributed by atoms with Crippen LogP contribution in [0.1, 0.15) is 31.4 Å². The second-order valence-corrected chi connectivity index (χ2v) is 7.74. The van der Waals surface area contributed by atoms with E-state index in [1.54, 1.807) is 36.4 Å². The Balaban J connectivity index is 2.13. The fourth-order valence-corrected chi connectivity index (χ4v) is 3.21. The summed E-state index contributed by atoms with van der Waals surface area (Å²) in [5.74, 6) is -1.50. The molecule has 156 valence electrons. The average Bonchev–Trinajstić information content (AvgIpc) is 2.65. The van der Waals surface area contributed by atoms with Gasteiger partial charge in [0.05, 0.1) is 0 Å². The fourth-order valence-electron chi connectivity index (χ4n) is 2.99. The van der Waals surface area contributed by atoms with E-state index in [9.17, 15) is 19.8 Å². The number of hydrogen-bond acceptors (Lipinski definition) is 4. The van der Waals surface area contributed by atoms with Crippen LogP contribution in [0, 0.1) is 5.92 Å². The number of aliphatic carboxylic acids is 2. The van der Waals surface area contributed by atoms with Crippen molar-refractivity contribution in [2.75, 3.05) is 0 Å². The third kappa shape index (κ3) is 7.40. The van der Waals surface area contributed by atoms with Crippen molar-refractivity contribution >= 4 is 23.5 Å². The van der Waals surface area contributed by atoms with Gasteiger partial charge in [-0.2, -0.15) is 0 Å². The summed E-state index contributed by atoms with van der Waals surface area (Å²) in [6.45, 7) is 4.08. The number of carbonyl (C=O) groups is 2. The lowest BCUT2D eigenvalue weighted by Crippen LogP contribution is -2.48. The Morgan fingerprint density at radius 2 is 1.72 bits per heavy atom. The molecule has 2 unspecified atom stereocenters. The molecule has 0 aromatic heterocycles. The third-order valence-electron chi connectivity index (χ3n) is 4.39. The lowest BCUT2D eigenvalue weighted by atomic mass is 10.00. The summed E-state index contributed by atoms with van der Waals surface area (Å²) < 4.78 is 5.88. The van der Waals surface area contributed by atoms with Crippen molar-refractivity contribution in [3.63, 3.8) is 0 Å². The number of benzene rings is 2. The van der Waals surface area contributed by atoms with E-state index < -0.39 is 24.0 Å². The van der Waals surface area contributed by atoms with Gasteiger partial charge in [-0.15, -0.1) is 0 Å². The van der Waals surface area contributed by atoms with Crippen molar-refractivity contribution in [2.24, 2.45) is 5.92 Å². The van der Waals surface area contributed by atoms with E-state index >= 15 is 0 Å². The molecule has 0 aliphatic rings. The van der Waals surface area contributed by atoms with Crippen molar-refractivity contribution in [2.45, 2.75) is 45.4 Å².